The van der Waals surface area contributed by atoms with Crippen molar-refractivity contribution >= 4 is 22.8 Å². The molecule has 0 saturated carbocycles. The standard InChI is InChI=1S/C20H20N2O4/c1-13(15-8-4-6-10-18(15)25-2)21-19(23)12-26-20(24)17-11-14-7-3-5-9-16(14)22-17/h3-11,13,22H,12H2,1-2H3,(H,21,23). The van der Waals surface area contributed by atoms with Crippen LogP contribution in [0.4, 0.5) is 0 Å². The Labute approximate surface area is 151 Å². The number of fused-ring (bicyclic) bond motifs is 1. The van der Waals surface area contributed by atoms with Crippen molar-refractivity contribution < 1.29 is 19.1 Å². The van der Waals surface area contributed by atoms with Gasteiger partial charge in [-0.1, -0.05) is 36.4 Å². The van der Waals surface area contributed by atoms with Crippen LogP contribution >= 0.6 is 0 Å². The molecule has 0 aliphatic rings. The average molecular weight is 352 g/mol. The molecule has 1 unspecified atom stereocenters. The van der Waals surface area contributed by atoms with Crippen LogP contribution in [0.5, 0.6) is 5.75 Å². The predicted octanol–water partition coefficient (Wildman–Crippen LogP) is 3.21. The van der Waals surface area contributed by atoms with Gasteiger partial charge in [-0.3, -0.25) is 4.79 Å². The maximum Gasteiger partial charge on any atom is 0.355 e. The third-order valence-electron chi connectivity index (χ3n) is 4.07. The summed E-state index contributed by atoms with van der Waals surface area (Å²) in [6.45, 7) is 1.49. The number of para-hydroxylation sites is 2. The van der Waals surface area contributed by atoms with Gasteiger partial charge in [0.05, 0.1) is 13.2 Å². The van der Waals surface area contributed by atoms with Crippen LogP contribution in [0.3, 0.4) is 0 Å². The molecule has 6 heteroatoms. The zero-order chi connectivity index (χ0) is 18.5. The number of nitrogens with one attached hydrogen (secondary N) is 2. The number of rotatable bonds is 6. The Balaban J connectivity index is 1.57. The SMILES string of the molecule is COc1ccccc1C(C)NC(=O)COC(=O)c1cc2ccccc2[nH]1. The zero-order valence-corrected chi connectivity index (χ0v) is 14.6. The van der Waals surface area contributed by atoms with E-state index in [0.29, 0.717) is 11.4 Å². The van der Waals surface area contributed by atoms with Gasteiger partial charge < -0.3 is 19.8 Å². The minimum atomic E-state index is -0.568. The van der Waals surface area contributed by atoms with E-state index < -0.39 is 5.97 Å². The Kier molecular flexibility index (Phi) is 5.22. The zero-order valence-electron chi connectivity index (χ0n) is 14.6. The van der Waals surface area contributed by atoms with Crippen molar-refractivity contribution in [3.63, 3.8) is 0 Å². The quantitative estimate of drug-likeness (QED) is 0.668. The third-order valence-corrected chi connectivity index (χ3v) is 4.07. The van der Waals surface area contributed by atoms with E-state index in [0.717, 1.165) is 16.5 Å². The number of hydrogen-bond donors (Lipinski definition) is 2. The van der Waals surface area contributed by atoms with E-state index in [4.69, 9.17) is 9.47 Å². The molecular formula is C20H20N2O4. The molecule has 0 fully saturated rings. The highest BCUT2D eigenvalue weighted by Crippen LogP contribution is 2.24. The Hall–Kier alpha value is -3.28. The summed E-state index contributed by atoms with van der Waals surface area (Å²) in [4.78, 5) is 27.2. The second-order valence-electron chi connectivity index (χ2n) is 5.88. The maximum absolute atomic E-state index is 12.1. The number of carbonyl (C=O) groups excluding carboxylic acids is 2. The number of aromatic nitrogens is 1. The van der Waals surface area contributed by atoms with Gasteiger partial charge in [0.2, 0.25) is 0 Å². The largest absolute Gasteiger partial charge is 0.496 e. The summed E-state index contributed by atoms with van der Waals surface area (Å²) < 4.78 is 10.4. The molecule has 3 rings (SSSR count). The van der Waals surface area contributed by atoms with Gasteiger partial charge in [0.1, 0.15) is 11.4 Å². The highest BCUT2D eigenvalue weighted by atomic mass is 16.5. The van der Waals surface area contributed by atoms with Crippen LogP contribution in [0.2, 0.25) is 0 Å². The first-order chi connectivity index (χ1) is 12.6. The van der Waals surface area contributed by atoms with E-state index in [2.05, 4.69) is 10.3 Å². The number of hydrogen-bond acceptors (Lipinski definition) is 4. The maximum atomic E-state index is 12.1. The van der Waals surface area contributed by atoms with Gasteiger partial charge in [-0.25, -0.2) is 4.79 Å². The lowest BCUT2D eigenvalue weighted by Gasteiger charge is -2.17. The molecule has 1 heterocycles. The molecule has 2 N–H and O–H groups in total. The Bertz CT molecular complexity index is 899. The molecule has 1 atom stereocenters. The van der Waals surface area contributed by atoms with Gasteiger partial charge in [0, 0.05) is 16.5 Å². The first-order valence-electron chi connectivity index (χ1n) is 8.25. The monoisotopic (exact) mass is 352 g/mol. The molecule has 3 aromatic rings. The number of ether oxygens (including phenoxy) is 2. The van der Waals surface area contributed by atoms with Crippen LogP contribution in [0.15, 0.2) is 54.6 Å². The highest BCUT2D eigenvalue weighted by Gasteiger charge is 2.16. The lowest BCUT2D eigenvalue weighted by Crippen LogP contribution is -2.31. The van der Waals surface area contributed by atoms with Crippen molar-refractivity contribution in [1.29, 1.82) is 0 Å². The third kappa shape index (κ3) is 3.85. The van der Waals surface area contributed by atoms with Gasteiger partial charge in [0.25, 0.3) is 5.91 Å². The van der Waals surface area contributed by atoms with Crippen molar-refractivity contribution in [1.82, 2.24) is 10.3 Å². The smallest absolute Gasteiger partial charge is 0.355 e. The summed E-state index contributed by atoms with van der Waals surface area (Å²) in [6, 6.07) is 16.4. The van der Waals surface area contributed by atoms with Crippen LogP contribution in [-0.2, 0) is 9.53 Å². The van der Waals surface area contributed by atoms with Crippen LogP contribution in [0.25, 0.3) is 10.9 Å². The van der Waals surface area contributed by atoms with Gasteiger partial charge >= 0.3 is 5.97 Å². The minimum Gasteiger partial charge on any atom is -0.496 e. The molecule has 0 spiro atoms. The minimum absolute atomic E-state index is 0.273. The molecule has 26 heavy (non-hydrogen) atoms. The van der Waals surface area contributed by atoms with Crippen LogP contribution in [-0.4, -0.2) is 30.6 Å². The van der Waals surface area contributed by atoms with Gasteiger partial charge in [-0.15, -0.1) is 0 Å². The molecule has 0 bridgehead atoms. The highest BCUT2D eigenvalue weighted by molar-refractivity contribution is 5.95. The number of carbonyl (C=O) groups is 2. The Morgan fingerprint density at radius 1 is 1.12 bits per heavy atom. The molecule has 0 radical (unpaired) electrons. The van der Waals surface area contributed by atoms with Gasteiger partial charge in [-0.05, 0) is 25.1 Å². The summed E-state index contributed by atoms with van der Waals surface area (Å²) in [7, 11) is 1.58. The second kappa shape index (κ2) is 7.74. The Morgan fingerprint density at radius 2 is 1.85 bits per heavy atom. The topological polar surface area (TPSA) is 80.4 Å². The lowest BCUT2D eigenvalue weighted by atomic mass is 10.1. The molecule has 2 aromatic carbocycles. The fourth-order valence-corrected chi connectivity index (χ4v) is 2.78. The van der Waals surface area contributed by atoms with Crippen molar-refractivity contribution in [3.8, 4) is 5.75 Å². The second-order valence-corrected chi connectivity index (χ2v) is 5.88. The average Bonchev–Trinajstić information content (AvgIpc) is 3.10. The molecular weight excluding hydrogens is 332 g/mol. The number of methoxy groups -OCH3 is 1. The summed E-state index contributed by atoms with van der Waals surface area (Å²) in [5.41, 5.74) is 2.01. The van der Waals surface area contributed by atoms with Gasteiger partial charge in [-0.2, -0.15) is 0 Å². The Morgan fingerprint density at radius 3 is 2.62 bits per heavy atom. The molecule has 0 aliphatic carbocycles. The van der Waals surface area contributed by atoms with Crippen molar-refractivity contribution in [3.05, 3.63) is 65.9 Å². The van der Waals surface area contributed by atoms with E-state index in [9.17, 15) is 9.59 Å². The summed E-state index contributed by atoms with van der Waals surface area (Å²) in [5, 5.41) is 3.71. The predicted molar refractivity (Wildman–Crippen MR) is 98.1 cm³/mol. The van der Waals surface area contributed by atoms with E-state index >= 15 is 0 Å². The van der Waals surface area contributed by atoms with Crippen molar-refractivity contribution in [2.45, 2.75) is 13.0 Å². The lowest BCUT2D eigenvalue weighted by molar-refractivity contribution is -0.124. The van der Waals surface area contributed by atoms with E-state index in [1.54, 1.807) is 13.2 Å². The number of H-pyrrole nitrogens is 1. The van der Waals surface area contributed by atoms with Crippen LogP contribution < -0.4 is 10.1 Å². The fourth-order valence-electron chi connectivity index (χ4n) is 2.78. The molecule has 6 nitrogen and oxygen atoms in total. The van der Waals surface area contributed by atoms with Crippen molar-refractivity contribution in [2.24, 2.45) is 0 Å². The van der Waals surface area contributed by atoms with Crippen LogP contribution in [0, 0.1) is 0 Å². The van der Waals surface area contributed by atoms with Crippen molar-refractivity contribution in [2.75, 3.05) is 13.7 Å². The van der Waals surface area contributed by atoms with E-state index in [-0.39, 0.29) is 18.6 Å². The number of esters is 1. The summed E-state index contributed by atoms with van der Waals surface area (Å²) >= 11 is 0. The van der Waals surface area contributed by atoms with Gasteiger partial charge in [0.15, 0.2) is 6.61 Å². The summed E-state index contributed by atoms with van der Waals surface area (Å²) in [6.07, 6.45) is 0. The number of amides is 1. The molecule has 0 saturated heterocycles. The first kappa shape index (κ1) is 17.5. The van der Waals surface area contributed by atoms with E-state index in [1.807, 2.05) is 55.5 Å². The molecule has 0 aliphatic heterocycles. The van der Waals surface area contributed by atoms with E-state index in [1.165, 1.54) is 0 Å². The first-order valence-corrected chi connectivity index (χ1v) is 8.25. The fraction of sp³-hybridized carbons (Fsp3) is 0.200. The normalized spacial score (nSPS) is 11.8. The summed E-state index contributed by atoms with van der Waals surface area (Å²) in [5.74, 6) is -0.260. The molecule has 134 valence electrons. The molecule has 1 aromatic heterocycles. The molecule has 1 amide bonds. The number of aromatic amines is 1. The van der Waals surface area contributed by atoms with Crippen LogP contribution in [0.1, 0.15) is 29.0 Å². The number of benzene rings is 2.